The molecule has 1 aromatic heterocycles. The number of aromatic nitrogens is 2. The fourth-order valence-corrected chi connectivity index (χ4v) is 1.59. The second kappa shape index (κ2) is 4.83. The average molecular weight is 242 g/mol. The summed E-state index contributed by atoms with van der Waals surface area (Å²) in [6.45, 7) is 3.32. The number of Topliss-reactive ketones (excluding diaryl/α,β-unsaturated/α-hetero) is 1. The van der Waals surface area contributed by atoms with E-state index in [1.54, 1.807) is 25.1 Å². The van der Waals surface area contributed by atoms with Gasteiger partial charge in [0.05, 0.1) is 0 Å². The number of aryl methyl sites for hydroxylation is 1. The molecule has 5 nitrogen and oxygen atoms in total. The van der Waals surface area contributed by atoms with Crippen LogP contribution in [0, 0.1) is 6.92 Å². The van der Waals surface area contributed by atoms with Gasteiger partial charge in [-0.3, -0.25) is 4.79 Å². The summed E-state index contributed by atoms with van der Waals surface area (Å²) in [5, 5.41) is 3.11. The Balaban J connectivity index is 2.20. The maximum Gasteiger partial charge on any atom is 0.159 e. The predicted molar refractivity (Wildman–Crippen MR) is 70.9 cm³/mol. The highest BCUT2D eigenvalue weighted by Crippen LogP contribution is 2.17. The average Bonchev–Trinajstić information content (AvgIpc) is 2.28. The maximum atomic E-state index is 11.1. The summed E-state index contributed by atoms with van der Waals surface area (Å²) in [6.07, 6.45) is 0. The molecule has 18 heavy (non-hydrogen) atoms. The van der Waals surface area contributed by atoms with E-state index in [0.29, 0.717) is 23.0 Å². The zero-order valence-electron chi connectivity index (χ0n) is 10.3. The van der Waals surface area contributed by atoms with Gasteiger partial charge < -0.3 is 11.1 Å². The quantitative estimate of drug-likeness (QED) is 0.807. The molecule has 92 valence electrons. The first-order chi connectivity index (χ1) is 8.54. The molecule has 2 rings (SSSR count). The smallest absolute Gasteiger partial charge is 0.159 e. The van der Waals surface area contributed by atoms with Crippen LogP contribution in [0.15, 0.2) is 30.3 Å². The number of nitrogen functional groups attached to an aromatic ring is 1. The zero-order valence-corrected chi connectivity index (χ0v) is 10.3. The number of hydrogen-bond acceptors (Lipinski definition) is 5. The monoisotopic (exact) mass is 242 g/mol. The minimum atomic E-state index is 0.0451. The Morgan fingerprint density at radius 2 is 1.89 bits per heavy atom. The van der Waals surface area contributed by atoms with Gasteiger partial charge in [0.1, 0.15) is 17.5 Å². The molecule has 0 aliphatic carbocycles. The van der Waals surface area contributed by atoms with Crippen LogP contribution in [0.2, 0.25) is 0 Å². The first-order valence-corrected chi connectivity index (χ1v) is 5.54. The van der Waals surface area contributed by atoms with Gasteiger partial charge in [0, 0.05) is 17.3 Å². The van der Waals surface area contributed by atoms with E-state index in [1.165, 1.54) is 6.92 Å². The number of carbonyl (C=O) groups is 1. The number of hydrogen-bond donors (Lipinski definition) is 2. The number of rotatable bonds is 3. The van der Waals surface area contributed by atoms with E-state index in [2.05, 4.69) is 15.3 Å². The van der Waals surface area contributed by atoms with Gasteiger partial charge in [-0.15, -0.1) is 0 Å². The lowest BCUT2D eigenvalue weighted by molar-refractivity contribution is 0.101. The molecule has 2 aromatic rings. The Kier molecular flexibility index (Phi) is 3.23. The summed E-state index contributed by atoms with van der Waals surface area (Å²) in [5.74, 6) is 1.71. The molecule has 0 radical (unpaired) electrons. The van der Waals surface area contributed by atoms with Crippen molar-refractivity contribution in [3.63, 3.8) is 0 Å². The van der Waals surface area contributed by atoms with E-state index in [-0.39, 0.29) is 5.78 Å². The summed E-state index contributed by atoms with van der Waals surface area (Å²) < 4.78 is 0. The lowest BCUT2D eigenvalue weighted by Crippen LogP contribution is -2.01. The predicted octanol–water partition coefficient (Wildman–Crippen LogP) is 2.31. The maximum absolute atomic E-state index is 11.1. The molecular formula is C13H14N4O. The van der Waals surface area contributed by atoms with Gasteiger partial charge in [0.15, 0.2) is 5.78 Å². The number of carbonyl (C=O) groups excluding carboxylic acids is 1. The van der Waals surface area contributed by atoms with E-state index in [4.69, 9.17) is 5.73 Å². The molecule has 3 N–H and O–H groups in total. The highest BCUT2D eigenvalue weighted by Gasteiger charge is 2.02. The summed E-state index contributed by atoms with van der Waals surface area (Å²) in [5.41, 5.74) is 7.17. The summed E-state index contributed by atoms with van der Waals surface area (Å²) in [4.78, 5) is 19.4. The zero-order chi connectivity index (χ0) is 13.1. The number of benzene rings is 1. The Bertz CT molecular complexity index is 558. The second-order valence-corrected chi connectivity index (χ2v) is 3.98. The number of anilines is 3. The van der Waals surface area contributed by atoms with Gasteiger partial charge in [0.2, 0.25) is 0 Å². The molecule has 0 fully saturated rings. The number of nitrogens with zero attached hydrogens (tertiary/aromatic N) is 2. The van der Waals surface area contributed by atoms with Crippen LogP contribution < -0.4 is 11.1 Å². The van der Waals surface area contributed by atoms with Crippen molar-refractivity contribution in [3.8, 4) is 0 Å². The van der Waals surface area contributed by atoms with E-state index in [9.17, 15) is 4.79 Å². The molecule has 1 aromatic carbocycles. The van der Waals surface area contributed by atoms with Crippen molar-refractivity contribution in [2.75, 3.05) is 11.1 Å². The molecule has 0 atom stereocenters. The fraction of sp³-hybridized carbons (Fsp3) is 0.154. The molecule has 0 saturated heterocycles. The molecule has 5 heteroatoms. The summed E-state index contributed by atoms with van der Waals surface area (Å²) >= 11 is 0. The largest absolute Gasteiger partial charge is 0.384 e. The first-order valence-electron chi connectivity index (χ1n) is 5.54. The van der Waals surface area contributed by atoms with Crippen LogP contribution in [-0.4, -0.2) is 15.8 Å². The molecule has 0 aliphatic heterocycles. The Morgan fingerprint density at radius 1 is 1.22 bits per heavy atom. The normalized spacial score (nSPS) is 10.1. The minimum Gasteiger partial charge on any atom is -0.384 e. The van der Waals surface area contributed by atoms with E-state index in [1.807, 2.05) is 12.1 Å². The third-order valence-corrected chi connectivity index (χ3v) is 2.42. The van der Waals surface area contributed by atoms with Gasteiger partial charge in [-0.1, -0.05) is 0 Å². The van der Waals surface area contributed by atoms with E-state index in [0.717, 1.165) is 5.69 Å². The molecule has 0 unspecified atom stereocenters. The van der Waals surface area contributed by atoms with Gasteiger partial charge in [0.25, 0.3) is 0 Å². The van der Waals surface area contributed by atoms with Crippen molar-refractivity contribution < 1.29 is 4.79 Å². The lowest BCUT2D eigenvalue weighted by atomic mass is 10.1. The van der Waals surface area contributed by atoms with Gasteiger partial charge in [-0.2, -0.15) is 0 Å². The van der Waals surface area contributed by atoms with Crippen LogP contribution in [0.5, 0.6) is 0 Å². The Hall–Kier alpha value is -2.43. The molecule has 0 aliphatic rings. The molecule has 0 bridgehead atoms. The highest BCUT2D eigenvalue weighted by atomic mass is 16.1. The van der Waals surface area contributed by atoms with Crippen LogP contribution >= 0.6 is 0 Å². The topological polar surface area (TPSA) is 80.9 Å². The standard InChI is InChI=1S/C13H14N4O/c1-8(18)10-3-5-11(6-4-10)17-13-7-12(14)15-9(2)16-13/h3-7H,1-2H3,(H3,14,15,16,17). The molecule has 0 spiro atoms. The molecular weight excluding hydrogens is 228 g/mol. The fourth-order valence-electron chi connectivity index (χ4n) is 1.59. The summed E-state index contributed by atoms with van der Waals surface area (Å²) in [7, 11) is 0. The molecule has 0 amide bonds. The van der Waals surface area contributed by atoms with Gasteiger partial charge in [-0.25, -0.2) is 9.97 Å². The van der Waals surface area contributed by atoms with Crippen LogP contribution in [0.4, 0.5) is 17.3 Å². The van der Waals surface area contributed by atoms with Crippen molar-refractivity contribution in [2.45, 2.75) is 13.8 Å². The highest BCUT2D eigenvalue weighted by molar-refractivity contribution is 5.94. The van der Waals surface area contributed by atoms with E-state index < -0.39 is 0 Å². The molecule has 1 heterocycles. The van der Waals surface area contributed by atoms with Crippen LogP contribution in [0.1, 0.15) is 23.1 Å². The number of ketones is 1. The first kappa shape index (κ1) is 12.0. The van der Waals surface area contributed by atoms with Crippen molar-refractivity contribution in [1.29, 1.82) is 0 Å². The molecule has 0 saturated carbocycles. The SMILES string of the molecule is CC(=O)c1ccc(Nc2cc(N)nc(C)n2)cc1. The minimum absolute atomic E-state index is 0.0451. The van der Waals surface area contributed by atoms with Crippen molar-refractivity contribution >= 4 is 23.1 Å². The third kappa shape index (κ3) is 2.82. The van der Waals surface area contributed by atoms with Gasteiger partial charge >= 0.3 is 0 Å². The van der Waals surface area contributed by atoms with Crippen molar-refractivity contribution in [3.05, 3.63) is 41.7 Å². The number of nitrogens with one attached hydrogen (secondary N) is 1. The van der Waals surface area contributed by atoms with Crippen molar-refractivity contribution in [1.82, 2.24) is 9.97 Å². The number of nitrogens with two attached hydrogens (primary N) is 1. The third-order valence-electron chi connectivity index (χ3n) is 2.42. The summed E-state index contributed by atoms with van der Waals surface area (Å²) in [6, 6.07) is 8.84. The van der Waals surface area contributed by atoms with Crippen LogP contribution in [0.3, 0.4) is 0 Å². The van der Waals surface area contributed by atoms with Gasteiger partial charge in [-0.05, 0) is 38.1 Å². The Labute approximate surface area is 105 Å². The second-order valence-electron chi connectivity index (χ2n) is 3.98. The van der Waals surface area contributed by atoms with Crippen molar-refractivity contribution in [2.24, 2.45) is 0 Å². The van der Waals surface area contributed by atoms with Crippen LogP contribution in [0.25, 0.3) is 0 Å². The Morgan fingerprint density at radius 3 is 2.44 bits per heavy atom. The van der Waals surface area contributed by atoms with E-state index >= 15 is 0 Å². The lowest BCUT2D eigenvalue weighted by Gasteiger charge is -2.07. The van der Waals surface area contributed by atoms with Crippen LogP contribution in [-0.2, 0) is 0 Å².